The SMILES string of the molecule is O=c1c2c3c(sc2nc(CNCCO)n1C1CC1)CCCC3. The number of thiophene rings is 1. The molecule has 1 fully saturated rings. The molecule has 118 valence electrons. The highest BCUT2D eigenvalue weighted by Crippen LogP contribution is 2.37. The fourth-order valence-electron chi connectivity index (χ4n) is 3.37. The topological polar surface area (TPSA) is 67.2 Å². The van der Waals surface area contributed by atoms with Gasteiger partial charge in [0, 0.05) is 17.5 Å². The number of fused-ring (bicyclic) bond motifs is 3. The molecule has 2 aliphatic rings. The predicted molar refractivity (Wildman–Crippen MR) is 87.6 cm³/mol. The first-order valence-electron chi connectivity index (χ1n) is 8.17. The van der Waals surface area contributed by atoms with Crippen LogP contribution in [0.4, 0.5) is 0 Å². The molecule has 0 atom stereocenters. The Balaban J connectivity index is 1.85. The zero-order valence-corrected chi connectivity index (χ0v) is 13.4. The number of aliphatic hydroxyl groups excluding tert-OH is 1. The molecule has 0 bridgehead atoms. The van der Waals surface area contributed by atoms with Crippen molar-refractivity contribution in [1.29, 1.82) is 0 Å². The normalized spacial score (nSPS) is 17.9. The van der Waals surface area contributed by atoms with Gasteiger partial charge in [-0.1, -0.05) is 0 Å². The quantitative estimate of drug-likeness (QED) is 0.824. The number of nitrogens with one attached hydrogen (secondary N) is 1. The Morgan fingerprint density at radius 1 is 1.32 bits per heavy atom. The van der Waals surface area contributed by atoms with E-state index >= 15 is 0 Å². The van der Waals surface area contributed by atoms with Crippen molar-refractivity contribution < 1.29 is 5.11 Å². The fraction of sp³-hybridized carbons (Fsp3) is 0.625. The van der Waals surface area contributed by atoms with E-state index in [1.54, 1.807) is 11.3 Å². The van der Waals surface area contributed by atoms with Crippen LogP contribution in [-0.4, -0.2) is 27.8 Å². The van der Waals surface area contributed by atoms with Crippen molar-refractivity contribution in [2.24, 2.45) is 0 Å². The standard InChI is InChI=1S/C16H21N3O2S/c20-8-7-17-9-13-18-15-14(16(21)19(13)10-5-6-10)11-3-1-2-4-12(11)22-15/h10,17,20H,1-9H2. The average molecular weight is 319 g/mol. The second kappa shape index (κ2) is 5.76. The van der Waals surface area contributed by atoms with E-state index in [4.69, 9.17) is 10.1 Å². The van der Waals surface area contributed by atoms with Crippen LogP contribution >= 0.6 is 11.3 Å². The van der Waals surface area contributed by atoms with Crippen molar-refractivity contribution in [3.63, 3.8) is 0 Å². The zero-order valence-electron chi connectivity index (χ0n) is 12.6. The molecule has 5 nitrogen and oxygen atoms in total. The molecule has 0 saturated heterocycles. The van der Waals surface area contributed by atoms with Crippen LogP contribution in [0.1, 0.15) is 48.0 Å². The lowest BCUT2D eigenvalue weighted by atomic mass is 9.97. The summed E-state index contributed by atoms with van der Waals surface area (Å²) in [6, 6.07) is 0.328. The van der Waals surface area contributed by atoms with Gasteiger partial charge in [-0.15, -0.1) is 11.3 Å². The summed E-state index contributed by atoms with van der Waals surface area (Å²) < 4.78 is 1.91. The zero-order chi connectivity index (χ0) is 15.1. The number of hydrogen-bond donors (Lipinski definition) is 2. The monoisotopic (exact) mass is 319 g/mol. The van der Waals surface area contributed by atoms with E-state index in [1.807, 2.05) is 4.57 Å². The molecule has 6 heteroatoms. The number of hydrogen-bond acceptors (Lipinski definition) is 5. The van der Waals surface area contributed by atoms with Gasteiger partial charge in [0.2, 0.25) is 0 Å². The molecule has 2 aromatic heterocycles. The largest absolute Gasteiger partial charge is 0.395 e. The van der Waals surface area contributed by atoms with Gasteiger partial charge >= 0.3 is 0 Å². The van der Waals surface area contributed by atoms with Crippen LogP contribution in [0.15, 0.2) is 4.79 Å². The molecule has 0 unspecified atom stereocenters. The van der Waals surface area contributed by atoms with Crippen LogP contribution in [0.25, 0.3) is 10.2 Å². The van der Waals surface area contributed by atoms with Crippen molar-refractivity contribution in [1.82, 2.24) is 14.9 Å². The molecule has 0 aliphatic heterocycles. The van der Waals surface area contributed by atoms with Gasteiger partial charge in [0.15, 0.2) is 0 Å². The minimum Gasteiger partial charge on any atom is -0.395 e. The van der Waals surface area contributed by atoms with Crippen molar-refractivity contribution >= 4 is 21.6 Å². The molecule has 2 heterocycles. The first-order chi connectivity index (χ1) is 10.8. The van der Waals surface area contributed by atoms with E-state index < -0.39 is 0 Å². The molecular weight excluding hydrogens is 298 g/mol. The van der Waals surface area contributed by atoms with Crippen LogP contribution in [0.5, 0.6) is 0 Å². The van der Waals surface area contributed by atoms with Crippen LogP contribution in [0.2, 0.25) is 0 Å². The first kappa shape index (κ1) is 14.4. The van der Waals surface area contributed by atoms with Gasteiger partial charge in [-0.3, -0.25) is 9.36 Å². The predicted octanol–water partition coefficient (Wildman–Crippen LogP) is 1.75. The van der Waals surface area contributed by atoms with Gasteiger partial charge in [0.1, 0.15) is 10.7 Å². The van der Waals surface area contributed by atoms with E-state index in [2.05, 4.69) is 5.32 Å². The number of rotatable bonds is 5. The minimum absolute atomic E-state index is 0.100. The molecule has 2 aromatic rings. The first-order valence-corrected chi connectivity index (χ1v) is 8.98. The van der Waals surface area contributed by atoms with E-state index in [0.717, 1.165) is 41.7 Å². The van der Waals surface area contributed by atoms with Gasteiger partial charge in [0.05, 0.1) is 18.5 Å². The Labute approximate surface area is 133 Å². The van der Waals surface area contributed by atoms with Crippen LogP contribution in [0.3, 0.4) is 0 Å². The lowest BCUT2D eigenvalue weighted by Gasteiger charge is -2.13. The molecule has 4 rings (SSSR count). The lowest BCUT2D eigenvalue weighted by Crippen LogP contribution is -2.29. The summed E-state index contributed by atoms with van der Waals surface area (Å²) in [5.74, 6) is 0.826. The summed E-state index contributed by atoms with van der Waals surface area (Å²) in [4.78, 5) is 20.1. The molecule has 2 N–H and O–H groups in total. The Morgan fingerprint density at radius 2 is 2.14 bits per heavy atom. The number of aryl methyl sites for hydroxylation is 2. The van der Waals surface area contributed by atoms with E-state index in [0.29, 0.717) is 19.1 Å². The summed E-state index contributed by atoms with van der Waals surface area (Å²) in [7, 11) is 0. The summed E-state index contributed by atoms with van der Waals surface area (Å²) in [5, 5.41) is 13.0. The fourth-order valence-corrected chi connectivity index (χ4v) is 4.64. The van der Waals surface area contributed by atoms with E-state index in [9.17, 15) is 4.79 Å². The summed E-state index contributed by atoms with van der Waals surface area (Å²) in [5.41, 5.74) is 1.43. The van der Waals surface area contributed by atoms with Gasteiger partial charge in [-0.05, 0) is 44.1 Å². The van der Waals surface area contributed by atoms with Crippen molar-refractivity contribution in [2.45, 2.75) is 51.1 Å². The van der Waals surface area contributed by atoms with E-state index in [1.165, 1.54) is 23.3 Å². The van der Waals surface area contributed by atoms with Crippen molar-refractivity contribution in [3.8, 4) is 0 Å². The minimum atomic E-state index is 0.100. The Morgan fingerprint density at radius 3 is 2.91 bits per heavy atom. The maximum Gasteiger partial charge on any atom is 0.262 e. The molecular formula is C16H21N3O2S. The summed E-state index contributed by atoms with van der Waals surface area (Å²) >= 11 is 1.71. The Hall–Kier alpha value is -1.24. The molecule has 1 saturated carbocycles. The van der Waals surface area contributed by atoms with Gasteiger partial charge in [0.25, 0.3) is 5.56 Å². The molecule has 0 radical (unpaired) electrons. The van der Waals surface area contributed by atoms with Crippen LogP contribution < -0.4 is 10.9 Å². The van der Waals surface area contributed by atoms with E-state index in [-0.39, 0.29) is 12.2 Å². The number of aliphatic hydroxyl groups is 1. The highest BCUT2D eigenvalue weighted by atomic mass is 32.1. The maximum atomic E-state index is 13.0. The number of aromatic nitrogens is 2. The third-order valence-corrected chi connectivity index (χ3v) is 5.76. The summed E-state index contributed by atoms with van der Waals surface area (Å²) in [6.45, 7) is 1.17. The average Bonchev–Trinajstić information content (AvgIpc) is 3.27. The van der Waals surface area contributed by atoms with Gasteiger partial charge < -0.3 is 10.4 Å². The smallest absolute Gasteiger partial charge is 0.262 e. The summed E-state index contributed by atoms with van der Waals surface area (Å²) in [6.07, 6.45) is 6.68. The molecule has 2 aliphatic carbocycles. The Kier molecular flexibility index (Phi) is 3.76. The maximum absolute atomic E-state index is 13.0. The number of nitrogens with zero attached hydrogens (tertiary/aromatic N) is 2. The van der Waals surface area contributed by atoms with Gasteiger partial charge in [-0.25, -0.2) is 4.98 Å². The second-order valence-electron chi connectivity index (χ2n) is 6.23. The Bertz CT molecular complexity index is 761. The third kappa shape index (κ3) is 2.39. The molecule has 0 spiro atoms. The highest BCUT2D eigenvalue weighted by Gasteiger charge is 2.30. The lowest BCUT2D eigenvalue weighted by molar-refractivity contribution is 0.291. The molecule has 0 amide bonds. The van der Waals surface area contributed by atoms with Crippen LogP contribution in [-0.2, 0) is 19.4 Å². The van der Waals surface area contributed by atoms with Crippen LogP contribution in [0, 0.1) is 0 Å². The van der Waals surface area contributed by atoms with Crippen molar-refractivity contribution in [2.75, 3.05) is 13.2 Å². The third-order valence-electron chi connectivity index (χ3n) is 4.58. The highest BCUT2D eigenvalue weighted by molar-refractivity contribution is 7.18. The molecule has 22 heavy (non-hydrogen) atoms. The van der Waals surface area contributed by atoms with Gasteiger partial charge in [-0.2, -0.15) is 0 Å². The second-order valence-corrected chi connectivity index (χ2v) is 7.31. The van der Waals surface area contributed by atoms with Crippen molar-refractivity contribution in [3.05, 3.63) is 26.6 Å². The molecule has 0 aromatic carbocycles.